The largest absolute Gasteiger partial charge is 0.366 e. The van der Waals surface area contributed by atoms with Crippen molar-refractivity contribution in [2.24, 2.45) is 5.92 Å². The maximum atomic E-state index is 12.1. The molecule has 204 valence electrons. The van der Waals surface area contributed by atoms with Gasteiger partial charge in [0.2, 0.25) is 11.7 Å². The van der Waals surface area contributed by atoms with Gasteiger partial charge in [0, 0.05) is 43.1 Å². The van der Waals surface area contributed by atoms with Crippen LogP contribution in [0.2, 0.25) is 0 Å². The van der Waals surface area contributed by atoms with Gasteiger partial charge in [0.05, 0.1) is 16.4 Å². The van der Waals surface area contributed by atoms with E-state index in [0.29, 0.717) is 24.1 Å². The number of hydrogen-bond donors (Lipinski definition) is 0. The molecular formula is C27H34N4O5S2. The number of para-hydroxylation sites is 1. The van der Waals surface area contributed by atoms with Gasteiger partial charge in [-0.25, -0.2) is 16.8 Å². The summed E-state index contributed by atoms with van der Waals surface area (Å²) in [6, 6.07) is 16.7. The van der Waals surface area contributed by atoms with Crippen LogP contribution in [0.3, 0.4) is 0 Å². The van der Waals surface area contributed by atoms with Gasteiger partial charge in [0.1, 0.15) is 0 Å². The highest BCUT2D eigenvalue weighted by molar-refractivity contribution is 7.91. The summed E-state index contributed by atoms with van der Waals surface area (Å²) in [5.41, 5.74) is 1.81. The van der Waals surface area contributed by atoms with Crippen LogP contribution >= 0.6 is 0 Å². The molecule has 5 rings (SSSR count). The van der Waals surface area contributed by atoms with Gasteiger partial charge in [-0.2, -0.15) is 4.98 Å². The number of hydrogen-bond acceptors (Lipinski definition) is 9. The third-order valence-electron chi connectivity index (χ3n) is 7.57. The Hall–Kier alpha value is -2.76. The predicted molar refractivity (Wildman–Crippen MR) is 147 cm³/mol. The van der Waals surface area contributed by atoms with Crippen molar-refractivity contribution in [3.05, 3.63) is 60.5 Å². The van der Waals surface area contributed by atoms with Crippen LogP contribution in [0.25, 0.3) is 11.4 Å². The van der Waals surface area contributed by atoms with Crippen LogP contribution in [0.5, 0.6) is 0 Å². The van der Waals surface area contributed by atoms with Gasteiger partial charge in [-0.05, 0) is 74.7 Å². The lowest BCUT2D eigenvalue weighted by Gasteiger charge is -2.36. The molecule has 1 aromatic heterocycles. The molecule has 2 aliphatic heterocycles. The molecule has 0 aliphatic carbocycles. The molecule has 2 fully saturated rings. The number of anilines is 1. The minimum Gasteiger partial charge on any atom is -0.366 e. The van der Waals surface area contributed by atoms with E-state index in [9.17, 15) is 16.8 Å². The van der Waals surface area contributed by atoms with Crippen molar-refractivity contribution in [3.8, 4) is 11.4 Å². The van der Waals surface area contributed by atoms with Crippen LogP contribution in [0.1, 0.15) is 25.2 Å². The van der Waals surface area contributed by atoms with Gasteiger partial charge >= 0.3 is 0 Å². The lowest BCUT2D eigenvalue weighted by Crippen LogP contribution is -2.44. The Morgan fingerprint density at radius 3 is 2.37 bits per heavy atom. The highest BCUT2D eigenvalue weighted by Gasteiger charge is 2.33. The van der Waals surface area contributed by atoms with Crippen LogP contribution in [0.15, 0.2) is 64.0 Å². The molecule has 2 saturated heterocycles. The summed E-state index contributed by atoms with van der Waals surface area (Å²) in [5.74, 6) is 2.03. The van der Waals surface area contributed by atoms with Crippen LogP contribution in [-0.4, -0.2) is 81.9 Å². The van der Waals surface area contributed by atoms with E-state index in [4.69, 9.17) is 4.52 Å². The molecule has 0 radical (unpaired) electrons. The second kappa shape index (κ2) is 11.2. The number of nitrogens with zero attached hydrogens (tertiary/aromatic N) is 4. The van der Waals surface area contributed by atoms with Crippen LogP contribution in [0, 0.1) is 5.92 Å². The van der Waals surface area contributed by atoms with Crippen molar-refractivity contribution in [1.82, 2.24) is 15.0 Å². The first-order valence-corrected chi connectivity index (χ1v) is 16.8. The molecule has 1 atom stereocenters. The predicted octanol–water partition coefficient (Wildman–Crippen LogP) is 3.09. The fourth-order valence-corrected chi connectivity index (χ4v) is 7.74. The smallest absolute Gasteiger partial charge is 0.227 e. The molecule has 9 nitrogen and oxygen atoms in total. The third-order valence-corrected chi connectivity index (χ3v) is 10.5. The molecule has 3 heterocycles. The van der Waals surface area contributed by atoms with Crippen molar-refractivity contribution in [2.45, 2.75) is 36.6 Å². The van der Waals surface area contributed by atoms with Crippen LogP contribution < -0.4 is 4.90 Å². The molecule has 0 bridgehead atoms. The molecule has 2 aliphatic rings. The molecule has 0 amide bonds. The fourth-order valence-electron chi connectivity index (χ4n) is 5.38. The van der Waals surface area contributed by atoms with E-state index in [2.05, 4.69) is 32.1 Å². The first kappa shape index (κ1) is 26.8. The number of rotatable bonds is 9. The zero-order valence-corrected chi connectivity index (χ0v) is 23.2. The second-order valence-electron chi connectivity index (χ2n) is 10.4. The maximum Gasteiger partial charge on any atom is 0.227 e. The topological polar surface area (TPSA) is 114 Å². The fraction of sp³-hybridized carbons (Fsp3) is 0.481. The van der Waals surface area contributed by atoms with Crippen molar-refractivity contribution >= 4 is 25.4 Å². The zero-order valence-electron chi connectivity index (χ0n) is 21.6. The van der Waals surface area contributed by atoms with E-state index < -0.39 is 19.7 Å². The van der Waals surface area contributed by atoms with Gasteiger partial charge in [-0.3, -0.25) is 0 Å². The van der Waals surface area contributed by atoms with Gasteiger partial charge in [-0.15, -0.1) is 0 Å². The summed E-state index contributed by atoms with van der Waals surface area (Å²) in [5, 5.41) is 4.09. The Kier molecular flexibility index (Phi) is 7.88. The molecule has 0 N–H and O–H groups in total. The van der Waals surface area contributed by atoms with Gasteiger partial charge in [-0.1, -0.05) is 23.4 Å². The van der Waals surface area contributed by atoms with Gasteiger partial charge in [0.25, 0.3) is 0 Å². The summed E-state index contributed by atoms with van der Waals surface area (Å²) >= 11 is 0. The highest BCUT2D eigenvalue weighted by atomic mass is 32.2. The Morgan fingerprint density at radius 1 is 1.03 bits per heavy atom. The first-order valence-electron chi connectivity index (χ1n) is 13.0. The number of piperidine rings is 1. The average molecular weight is 559 g/mol. The van der Waals surface area contributed by atoms with Crippen molar-refractivity contribution < 1.29 is 21.4 Å². The molecular weight excluding hydrogens is 524 g/mol. The van der Waals surface area contributed by atoms with E-state index >= 15 is 0 Å². The van der Waals surface area contributed by atoms with E-state index in [1.807, 2.05) is 18.2 Å². The van der Waals surface area contributed by atoms with Crippen molar-refractivity contribution in [1.29, 1.82) is 0 Å². The summed E-state index contributed by atoms with van der Waals surface area (Å²) < 4.78 is 53.1. The standard InChI is InChI=1S/C27H34N4O5S2/c1-37(32,33)25-9-7-22(8-10-25)27-28-26(36-29-27)19-21-11-14-30(15-12-21)16-17-31(23-5-3-2-4-6-23)24-13-18-38(34,35)20-24/h2-10,21,24H,11-20H2,1H3. The number of sulfone groups is 2. The molecule has 1 unspecified atom stereocenters. The van der Waals surface area contributed by atoms with E-state index in [1.165, 1.54) is 6.26 Å². The molecule has 0 spiro atoms. The second-order valence-corrected chi connectivity index (χ2v) is 14.6. The van der Waals surface area contributed by atoms with Crippen LogP contribution in [0.4, 0.5) is 5.69 Å². The molecule has 2 aromatic carbocycles. The molecule has 11 heteroatoms. The zero-order chi connectivity index (χ0) is 26.8. The van der Waals surface area contributed by atoms with Gasteiger partial charge < -0.3 is 14.3 Å². The lowest BCUT2D eigenvalue weighted by molar-refractivity contribution is 0.180. The minimum absolute atomic E-state index is 0.0363. The summed E-state index contributed by atoms with van der Waals surface area (Å²) in [6.07, 6.45) is 4.65. The number of aromatic nitrogens is 2. The maximum absolute atomic E-state index is 12.1. The van der Waals surface area contributed by atoms with E-state index in [0.717, 1.165) is 56.7 Å². The lowest BCUT2D eigenvalue weighted by atomic mass is 9.93. The number of likely N-dealkylation sites (tertiary alicyclic amines) is 1. The Bertz CT molecular complexity index is 1430. The normalized spacial score (nSPS) is 20.5. The number of benzene rings is 2. The first-order chi connectivity index (χ1) is 18.2. The van der Waals surface area contributed by atoms with Crippen LogP contribution in [-0.2, 0) is 26.1 Å². The summed E-state index contributed by atoms with van der Waals surface area (Å²) in [6.45, 7) is 3.65. The SMILES string of the molecule is CS(=O)(=O)c1ccc(-c2noc(CC3CCN(CCN(c4ccccc4)C4CCS(=O)(=O)C4)CC3)n2)cc1. The van der Waals surface area contributed by atoms with Crippen molar-refractivity contribution in [3.63, 3.8) is 0 Å². The quantitative estimate of drug-likeness (QED) is 0.391. The highest BCUT2D eigenvalue weighted by Crippen LogP contribution is 2.26. The average Bonchev–Trinajstić information content (AvgIpc) is 3.51. The van der Waals surface area contributed by atoms with E-state index in [1.54, 1.807) is 24.3 Å². The Morgan fingerprint density at radius 2 is 1.74 bits per heavy atom. The van der Waals surface area contributed by atoms with Crippen molar-refractivity contribution in [2.75, 3.05) is 48.8 Å². The Labute approximate surface area is 224 Å². The minimum atomic E-state index is -3.25. The van der Waals surface area contributed by atoms with E-state index in [-0.39, 0.29) is 22.4 Å². The van der Waals surface area contributed by atoms with Gasteiger partial charge in [0.15, 0.2) is 19.7 Å². The Balaban J connectivity index is 1.13. The molecule has 3 aromatic rings. The monoisotopic (exact) mass is 558 g/mol. The molecule has 0 saturated carbocycles. The molecule has 38 heavy (non-hydrogen) atoms. The summed E-state index contributed by atoms with van der Waals surface area (Å²) in [7, 11) is -6.20. The summed E-state index contributed by atoms with van der Waals surface area (Å²) in [4.78, 5) is 9.53. The third kappa shape index (κ3) is 6.62.